The molecule has 0 atom stereocenters. The zero-order valence-electron chi connectivity index (χ0n) is 12.6. The van der Waals surface area contributed by atoms with Crippen molar-refractivity contribution in [2.24, 2.45) is 5.73 Å². The van der Waals surface area contributed by atoms with E-state index in [-0.39, 0.29) is 11.4 Å². The van der Waals surface area contributed by atoms with Crippen LogP contribution in [0.15, 0.2) is 36.4 Å². The van der Waals surface area contributed by atoms with Gasteiger partial charge in [0.15, 0.2) is 0 Å². The first-order chi connectivity index (χ1) is 10.9. The lowest BCUT2D eigenvalue weighted by Crippen LogP contribution is -2.20. The molecule has 124 valence electrons. The van der Waals surface area contributed by atoms with Crippen molar-refractivity contribution in [3.8, 4) is 11.5 Å². The van der Waals surface area contributed by atoms with Gasteiger partial charge >= 0.3 is 6.03 Å². The molecule has 0 saturated carbocycles. The maximum atomic E-state index is 12.9. The second-order valence-electron chi connectivity index (χ2n) is 4.22. The first-order valence-corrected chi connectivity index (χ1v) is 6.36. The third-order valence-corrected chi connectivity index (χ3v) is 2.63. The molecule has 23 heavy (non-hydrogen) atoms. The van der Waals surface area contributed by atoms with Gasteiger partial charge in [0.2, 0.25) is 0 Å². The molecular formula is C15H17F2N3O3. The molecule has 2 rings (SSSR count). The van der Waals surface area contributed by atoms with E-state index < -0.39 is 17.7 Å². The van der Waals surface area contributed by atoms with Gasteiger partial charge in [-0.2, -0.15) is 0 Å². The maximum Gasteiger partial charge on any atom is 0.316 e. The zero-order chi connectivity index (χ0) is 17.4. The summed E-state index contributed by atoms with van der Waals surface area (Å²) in [6, 6.07) is 7.40. The van der Waals surface area contributed by atoms with E-state index in [1.807, 2.05) is 0 Å². The monoisotopic (exact) mass is 325 g/mol. The number of nitrogens with two attached hydrogens (primary N) is 2. The number of halogens is 2. The second kappa shape index (κ2) is 8.42. The Balaban J connectivity index is 0.000000238. The molecule has 8 heteroatoms. The van der Waals surface area contributed by atoms with Gasteiger partial charge in [0.25, 0.3) is 0 Å². The molecule has 0 heterocycles. The van der Waals surface area contributed by atoms with E-state index in [1.54, 1.807) is 0 Å². The normalized spacial score (nSPS) is 9.39. The smallest absolute Gasteiger partial charge is 0.316 e. The van der Waals surface area contributed by atoms with Gasteiger partial charge in [-0.15, -0.1) is 0 Å². The molecule has 6 nitrogen and oxygen atoms in total. The predicted octanol–water partition coefficient (Wildman–Crippen LogP) is 2.74. The first kappa shape index (κ1) is 18.0. The Morgan fingerprint density at radius 1 is 1.00 bits per heavy atom. The summed E-state index contributed by atoms with van der Waals surface area (Å²) in [5.74, 6) is 0.0458. The highest BCUT2D eigenvalue weighted by molar-refractivity contribution is 5.88. The van der Waals surface area contributed by atoms with Crippen LogP contribution in [0.3, 0.4) is 0 Å². The molecule has 0 fully saturated rings. The van der Waals surface area contributed by atoms with Crippen LogP contribution in [-0.2, 0) is 0 Å². The van der Waals surface area contributed by atoms with Crippen LogP contribution in [0.25, 0.3) is 0 Å². The number of hydrogen-bond acceptors (Lipinski definition) is 4. The van der Waals surface area contributed by atoms with Crippen molar-refractivity contribution in [2.45, 2.75) is 0 Å². The molecule has 0 radical (unpaired) electrons. The van der Waals surface area contributed by atoms with Crippen LogP contribution in [0.2, 0.25) is 0 Å². The van der Waals surface area contributed by atoms with Gasteiger partial charge in [-0.1, -0.05) is 0 Å². The minimum atomic E-state index is -0.813. The third-order valence-electron chi connectivity index (χ3n) is 2.63. The van der Waals surface area contributed by atoms with Crippen LogP contribution >= 0.6 is 0 Å². The number of benzene rings is 2. The van der Waals surface area contributed by atoms with Gasteiger partial charge in [0.05, 0.1) is 25.6 Å². The number of ether oxygens (including phenoxy) is 2. The topological polar surface area (TPSA) is 99.6 Å². The van der Waals surface area contributed by atoms with Crippen molar-refractivity contribution in [3.63, 3.8) is 0 Å². The number of anilines is 2. The van der Waals surface area contributed by atoms with Gasteiger partial charge in [0, 0.05) is 12.1 Å². The van der Waals surface area contributed by atoms with Crippen molar-refractivity contribution in [3.05, 3.63) is 48.0 Å². The molecule has 0 bridgehead atoms. The Morgan fingerprint density at radius 3 is 2.00 bits per heavy atom. The summed E-state index contributed by atoms with van der Waals surface area (Å²) in [7, 11) is 2.95. The van der Waals surface area contributed by atoms with Crippen LogP contribution in [0.5, 0.6) is 11.5 Å². The quantitative estimate of drug-likeness (QED) is 0.755. The number of nitrogen functional groups attached to an aromatic ring is 1. The molecule has 0 saturated heterocycles. The number of nitrogens with one attached hydrogen (secondary N) is 1. The van der Waals surface area contributed by atoms with Crippen LogP contribution in [0.1, 0.15) is 0 Å². The lowest BCUT2D eigenvalue weighted by Gasteiger charge is -2.05. The molecule has 0 spiro atoms. The summed E-state index contributed by atoms with van der Waals surface area (Å²) in [5.41, 5.74) is 10.2. The summed E-state index contributed by atoms with van der Waals surface area (Å²) >= 11 is 0. The highest BCUT2D eigenvalue weighted by atomic mass is 19.1. The zero-order valence-corrected chi connectivity index (χ0v) is 12.6. The van der Waals surface area contributed by atoms with Gasteiger partial charge < -0.3 is 26.3 Å². The summed E-state index contributed by atoms with van der Waals surface area (Å²) in [5, 5.41) is 2.13. The summed E-state index contributed by atoms with van der Waals surface area (Å²) in [4.78, 5) is 10.4. The maximum absolute atomic E-state index is 12.9. The van der Waals surface area contributed by atoms with E-state index >= 15 is 0 Å². The van der Waals surface area contributed by atoms with Crippen molar-refractivity contribution in [2.75, 3.05) is 25.3 Å². The number of amides is 2. The number of methoxy groups -OCH3 is 2. The van der Waals surface area contributed by atoms with Gasteiger partial charge in [-0.3, -0.25) is 0 Å². The highest BCUT2D eigenvalue weighted by Crippen LogP contribution is 2.20. The molecule has 2 amide bonds. The van der Waals surface area contributed by atoms with E-state index in [2.05, 4.69) is 5.32 Å². The molecule has 2 aromatic rings. The number of hydrogen-bond donors (Lipinski definition) is 3. The van der Waals surface area contributed by atoms with Crippen LogP contribution < -0.4 is 26.3 Å². The largest absolute Gasteiger partial charge is 0.497 e. The molecule has 0 aliphatic rings. The number of carbonyl (C=O) groups is 1. The van der Waals surface area contributed by atoms with Gasteiger partial charge in [-0.25, -0.2) is 13.6 Å². The summed E-state index contributed by atoms with van der Waals surface area (Å²) in [6.45, 7) is 0. The van der Waals surface area contributed by atoms with Crippen LogP contribution in [-0.4, -0.2) is 20.3 Å². The average Bonchev–Trinajstić information content (AvgIpc) is 2.52. The number of primary amides is 1. The Kier molecular flexibility index (Phi) is 6.60. The highest BCUT2D eigenvalue weighted by Gasteiger charge is 2.05. The van der Waals surface area contributed by atoms with Gasteiger partial charge in [-0.05, 0) is 24.3 Å². The van der Waals surface area contributed by atoms with Crippen LogP contribution in [0, 0.1) is 11.6 Å². The lowest BCUT2D eigenvalue weighted by molar-refractivity contribution is 0.259. The number of rotatable bonds is 3. The molecule has 0 aliphatic heterocycles. The third kappa shape index (κ3) is 5.70. The SMILES string of the molecule is COc1ccc(F)c(N)c1.COc1ccc(F)c(NC(N)=O)c1. The Morgan fingerprint density at radius 2 is 1.52 bits per heavy atom. The second-order valence-corrected chi connectivity index (χ2v) is 4.22. The van der Waals surface area contributed by atoms with Gasteiger partial charge in [0.1, 0.15) is 23.1 Å². The lowest BCUT2D eigenvalue weighted by atomic mass is 10.3. The van der Waals surface area contributed by atoms with E-state index in [9.17, 15) is 13.6 Å². The minimum Gasteiger partial charge on any atom is -0.497 e. The average molecular weight is 325 g/mol. The van der Waals surface area contributed by atoms with Crippen molar-refractivity contribution in [1.29, 1.82) is 0 Å². The molecule has 5 N–H and O–H groups in total. The van der Waals surface area contributed by atoms with Crippen molar-refractivity contribution in [1.82, 2.24) is 0 Å². The van der Waals surface area contributed by atoms with Crippen molar-refractivity contribution < 1.29 is 23.0 Å². The fourth-order valence-electron chi connectivity index (χ4n) is 1.51. The number of carbonyl (C=O) groups excluding carboxylic acids is 1. The van der Waals surface area contributed by atoms with E-state index in [4.69, 9.17) is 20.9 Å². The molecule has 2 aromatic carbocycles. The van der Waals surface area contributed by atoms with E-state index in [1.165, 1.54) is 50.6 Å². The Hall–Kier alpha value is -3.03. The minimum absolute atomic E-state index is 0.00634. The van der Waals surface area contributed by atoms with E-state index in [0.29, 0.717) is 11.5 Å². The standard InChI is InChI=1S/C8H9FN2O2.C7H8FNO/c1-13-5-2-3-6(9)7(4-5)11-8(10)12;1-10-5-2-3-6(8)7(9)4-5/h2-4H,1H3,(H3,10,11,12);2-4H,9H2,1H3. The number of urea groups is 1. The van der Waals surface area contributed by atoms with E-state index in [0.717, 1.165) is 0 Å². The molecule has 0 unspecified atom stereocenters. The van der Waals surface area contributed by atoms with Crippen LogP contribution in [0.4, 0.5) is 25.0 Å². The fourth-order valence-corrected chi connectivity index (χ4v) is 1.51. The molecule has 0 aromatic heterocycles. The molecular weight excluding hydrogens is 308 g/mol. The predicted molar refractivity (Wildman–Crippen MR) is 83.5 cm³/mol. The first-order valence-electron chi connectivity index (χ1n) is 6.36. The van der Waals surface area contributed by atoms with Crippen molar-refractivity contribution >= 4 is 17.4 Å². The molecule has 0 aliphatic carbocycles. The summed E-state index contributed by atoms with van der Waals surface area (Å²) < 4.78 is 35.0. The Bertz CT molecular complexity index is 681. The summed E-state index contributed by atoms with van der Waals surface area (Å²) in [6.07, 6.45) is 0. The Labute approximate surface area is 132 Å². The fraction of sp³-hybridized carbons (Fsp3) is 0.133.